The van der Waals surface area contributed by atoms with Crippen molar-refractivity contribution < 1.29 is 4.79 Å². The van der Waals surface area contributed by atoms with Crippen molar-refractivity contribution >= 4 is 11.5 Å². The molecule has 1 aromatic rings. The lowest BCUT2D eigenvalue weighted by molar-refractivity contribution is -0.120. The maximum atomic E-state index is 11.3. The number of piperazine rings is 1. The smallest absolute Gasteiger partial charge is 0.132 e. The molecule has 0 N–H and O–H groups in total. The van der Waals surface area contributed by atoms with E-state index in [9.17, 15) is 4.79 Å². The summed E-state index contributed by atoms with van der Waals surface area (Å²) in [6, 6.07) is 9.07. The number of benzene rings is 1. The van der Waals surface area contributed by atoms with Crippen LogP contribution in [0, 0.1) is 0 Å². The summed E-state index contributed by atoms with van der Waals surface area (Å²) in [5, 5.41) is 0. The second kappa shape index (κ2) is 5.96. The second-order valence-electron chi connectivity index (χ2n) is 6.19. The first kappa shape index (κ1) is 13.6. The van der Waals surface area contributed by atoms with Crippen LogP contribution >= 0.6 is 0 Å². The monoisotopic (exact) mass is 272 g/mol. The van der Waals surface area contributed by atoms with E-state index in [1.807, 2.05) is 0 Å². The van der Waals surface area contributed by atoms with Crippen molar-refractivity contribution in [1.82, 2.24) is 4.90 Å². The van der Waals surface area contributed by atoms with Crippen LogP contribution < -0.4 is 4.90 Å². The van der Waals surface area contributed by atoms with Crippen molar-refractivity contribution in [3.05, 3.63) is 29.8 Å². The summed E-state index contributed by atoms with van der Waals surface area (Å²) in [7, 11) is 2.19. The molecule has 1 aliphatic heterocycles. The van der Waals surface area contributed by atoms with E-state index in [0.717, 1.165) is 51.9 Å². The van der Waals surface area contributed by atoms with Gasteiger partial charge in [0.25, 0.3) is 0 Å². The van der Waals surface area contributed by atoms with Gasteiger partial charge in [0.1, 0.15) is 5.78 Å². The van der Waals surface area contributed by atoms with Crippen molar-refractivity contribution in [3.63, 3.8) is 0 Å². The lowest BCUT2D eigenvalue weighted by atomic mass is 9.83. The van der Waals surface area contributed by atoms with Gasteiger partial charge in [-0.3, -0.25) is 4.79 Å². The molecule has 0 atom stereocenters. The van der Waals surface area contributed by atoms with Gasteiger partial charge in [-0.25, -0.2) is 0 Å². The van der Waals surface area contributed by atoms with Crippen LogP contribution in [0.25, 0.3) is 0 Å². The summed E-state index contributed by atoms with van der Waals surface area (Å²) in [4.78, 5) is 16.2. The average molecular weight is 272 g/mol. The highest BCUT2D eigenvalue weighted by molar-refractivity contribution is 5.79. The molecule has 0 unspecified atom stereocenters. The van der Waals surface area contributed by atoms with E-state index in [1.165, 1.54) is 11.3 Å². The van der Waals surface area contributed by atoms with Gasteiger partial charge in [-0.2, -0.15) is 0 Å². The molecule has 0 spiro atoms. The Labute approximate surface area is 121 Å². The Morgan fingerprint density at radius 3 is 2.15 bits per heavy atom. The number of carbonyl (C=O) groups excluding carboxylic acids is 1. The van der Waals surface area contributed by atoms with Crippen LogP contribution in [0.2, 0.25) is 0 Å². The molecule has 1 aliphatic carbocycles. The fourth-order valence-electron chi connectivity index (χ4n) is 3.30. The Balaban J connectivity index is 1.64. The molecule has 2 fully saturated rings. The highest BCUT2D eigenvalue weighted by Gasteiger charge is 2.20. The minimum Gasteiger partial charge on any atom is -0.369 e. The van der Waals surface area contributed by atoms with E-state index < -0.39 is 0 Å². The minimum atomic E-state index is 0.440. The maximum absolute atomic E-state index is 11.3. The quantitative estimate of drug-likeness (QED) is 0.827. The van der Waals surface area contributed by atoms with Crippen molar-refractivity contribution in [2.45, 2.75) is 31.6 Å². The van der Waals surface area contributed by atoms with Gasteiger partial charge in [0.05, 0.1) is 0 Å². The molecule has 1 saturated carbocycles. The zero-order valence-corrected chi connectivity index (χ0v) is 12.3. The van der Waals surface area contributed by atoms with Crippen molar-refractivity contribution in [2.24, 2.45) is 0 Å². The van der Waals surface area contributed by atoms with Gasteiger partial charge in [0.2, 0.25) is 0 Å². The average Bonchev–Trinajstić information content (AvgIpc) is 2.49. The van der Waals surface area contributed by atoms with Gasteiger partial charge >= 0.3 is 0 Å². The van der Waals surface area contributed by atoms with E-state index in [0.29, 0.717) is 11.7 Å². The molecule has 20 heavy (non-hydrogen) atoms. The van der Waals surface area contributed by atoms with Gasteiger partial charge < -0.3 is 9.80 Å². The molecular weight excluding hydrogens is 248 g/mol. The molecule has 2 aliphatic rings. The number of anilines is 1. The molecule has 0 bridgehead atoms. The molecule has 108 valence electrons. The third-order valence-electron chi connectivity index (χ3n) is 4.78. The molecular formula is C17H24N2O. The number of carbonyl (C=O) groups is 1. The summed E-state index contributed by atoms with van der Waals surface area (Å²) in [5.41, 5.74) is 2.75. The Hall–Kier alpha value is -1.35. The van der Waals surface area contributed by atoms with Crippen LogP contribution in [0.3, 0.4) is 0 Å². The maximum Gasteiger partial charge on any atom is 0.132 e. The van der Waals surface area contributed by atoms with Gasteiger partial charge in [-0.05, 0) is 43.5 Å². The topological polar surface area (TPSA) is 23.6 Å². The number of rotatable bonds is 2. The van der Waals surface area contributed by atoms with Gasteiger partial charge in [0, 0.05) is 44.7 Å². The molecule has 1 saturated heterocycles. The summed E-state index contributed by atoms with van der Waals surface area (Å²) in [6.07, 6.45) is 3.61. The third kappa shape index (κ3) is 3.04. The van der Waals surface area contributed by atoms with Gasteiger partial charge in [-0.1, -0.05) is 12.1 Å². The molecule has 1 heterocycles. The van der Waals surface area contributed by atoms with Crippen LogP contribution in [0.4, 0.5) is 5.69 Å². The van der Waals surface area contributed by atoms with Crippen molar-refractivity contribution in [2.75, 3.05) is 38.1 Å². The van der Waals surface area contributed by atoms with E-state index in [2.05, 4.69) is 41.1 Å². The third-order valence-corrected chi connectivity index (χ3v) is 4.78. The fourth-order valence-corrected chi connectivity index (χ4v) is 3.30. The van der Waals surface area contributed by atoms with Crippen LogP contribution in [0.15, 0.2) is 24.3 Å². The molecule has 0 amide bonds. The first-order valence-corrected chi connectivity index (χ1v) is 7.77. The lowest BCUT2D eigenvalue weighted by Crippen LogP contribution is -2.44. The van der Waals surface area contributed by atoms with E-state index in [-0.39, 0.29) is 0 Å². The largest absolute Gasteiger partial charge is 0.369 e. The van der Waals surface area contributed by atoms with E-state index in [4.69, 9.17) is 0 Å². The number of hydrogen-bond donors (Lipinski definition) is 0. The first-order chi connectivity index (χ1) is 9.72. The zero-order chi connectivity index (χ0) is 13.9. The number of hydrogen-bond acceptors (Lipinski definition) is 3. The molecule has 3 nitrogen and oxygen atoms in total. The standard InChI is InChI=1S/C17H24N2O/c1-18-10-12-19(13-11-18)16-6-2-14(3-7-16)15-4-8-17(20)9-5-15/h2-3,6-7,15H,4-5,8-13H2,1H3. The Morgan fingerprint density at radius 2 is 1.55 bits per heavy atom. The first-order valence-electron chi connectivity index (χ1n) is 7.77. The number of nitrogens with zero attached hydrogens (tertiary/aromatic N) is 2. The van der Waals surface area contributed by atoms with Gasteiger partial charge in [-0.15, -0.1) is 0 Å². The van der Waals surface area contributed by atoms with Gasteiger partial charge in [0.15, 0.2) is 0 Å². The highest BCUT2D eigenvalue weighted by atomic mass is 16.1. The normalized spacial score (nSPS) is 22.2. The molecule has 0 radical (unpaired) electrons. The number of Topliss-reactive ketones (excluding diaryl/α,β-unsaturated/α-hetero) is 1. The second-order valence-corrected chi connectivity index (χ2v) is 6.19. The Bertz CT molecular complexity index is 450. The predicted molar refractivity (Wildman–Crippen MR) is 82.4 cm³/mol. The summed E-state index contributed by atoms with van der Waals surface area (Å²) in [6.45, 7) is 4.53. The summed E-state index contributed by atoms with van der Waals surface area (Å²) < 4.78 is 0. The Kier molecular flexibility index (Phi) is 4.06. The predicted octanol–water partition coefficient (Wildman–Crippen LogP) is 2.67. The van der Waals surface area contributed by atoms with Crippen molar-refractivity contribution in [1.29, 1.82) is 0 Å². The fraction of sp³-hybridized carbons (Fsp3) is 0.588. The Morgan fingerprint density at radius 1 is 0.950 bits per heavy atom. The van der Waals surface area contributed by atoms with Crippen LogP contribution in [-0.4, -0.2) is 43.9 Å². The van der Waals surface area contributed by atoms with Crippen LogP contribution in [0.1, 0.15) is 37.2 Å². The number of ketones is 1. The zero-order valence-electron chi connectivity index (χ0n) is 12.3. The number of likely N-dealkylation sites (N-methyl/N-ethyl adjacent to an activating group) is 1. The van der Waals surface area contributed by atoms with Crippen LogP contribution in [-0.2, 0) is 4.79 Å². The lowest BCUT2D eigenvalue weighted by Gasteiger charge is -2.34. The molecule has 3 rings (SSSR count). The molecule has 3 heteroatoms. The SMILES string of the molecule is CN1CCN(c2ccc(C3CCC(=O)CC3)cc2)CC1. The molecule has 1 aromatic carbocycles. The van der Waals surface area contributed by atoms with E-state index >= 15 is 0 Å². The van der Waals surface area contributed by atoms with Crippen molar-refractivity contribution in [3.8, 4) is 0 Å². The van der Waals surface area contributed by atoms with Crippen LogP contribution in [0.5, 0.6) is 0 Å². The summed E-state index contributed by atoms with van der Waals surface area (Å²) in [5.74, 6) is 1.03. The molecule has 0 aromatic heterocycles. The summed E-state index contributed by atoms with van der Waals surface area (Å²) >= 11 is 0. The minimum absolute atomic E-state index is 0.440. The van der Waals surface area contributed by atoms with E-state index in [1.54, 1.807) is 0 Å². The highest BCUT2D eigenvalue weighted by Crippen LogP contribution is 2.32.